The maximum Gasteiger partial charge on any atom is 0.397 e. The SMILES string of the molecule is CC(c1ccccc1)c1cc(C(C)c2ccccc2)c(OCCOS(=O)(=O)O)c(C(C)c2ccccc2)c1. The quantitative estimate of drug-likeness (QED) is 0.162. The van der Waals surface area contributed by atoms with E-state index in [1.165, 1.54) is 11.1 Å². The van der Waals surface area contributed by atoms with Gasteiger partial charge in [0, 0.05) is 28.9 Å². The molecule has 0 radical (unpaired) electrons. The summed E-state index contributed by atoms with van der Waals surface area (Å²) < 4.78 is 42.0. The molecule has 0 spiro atoms. The van der Waals surface area contributed by atoms with Gasteiger partial charge in [-0.25, -0.2) is 4.18 Å². The molecule has 0 aliphatic rings. The smallest absolute Gasteiger partial charge is 0.397 e. The topological polar surface area (TPSA) is 72.8 Å². The lowest BCUT2D eigenvalue weighted by Gasteiger charge is -2.26. The molecule has 4 rings (SSSR count). The first-order chi connectivity index (χ1) is 18.2. The van der Waals surface area contributed by atoms with E-state index in [-0.39, 0.29) is 31.0 Å². The Bertz CT molecular complexity index is 1350. The molecule has 4 aromatic rings. The Morgan fingerprint density at radius 2 is 1.00 bits per heavy atom. The van der Waals surface area contributed by atoms with Gasteiger partial charge in [-0.05, 0) is 22.3 Å². The van der Waals surface area contributed by atoms with Crippen LogP contribution in [-0.4, -0.2) is 26.2 Å². The maximum atomic E-state index is 11.1. The van der Waals surface area contributed by atoms with Gasteiger partial charge in [0.15, 0.2) is 0 Å². The van der Waals surface area contributed by atoms with Crippen LogP contribution in [0.3, 0.4) is 0 Å². The summed E-state index contributed by atoms with van der Waals surface area (Å²) in [6.07, 6.45) is 0. The minimum absolute atomic E-state index is 0.0124. The van der Waals surface area contributed by atoms with Gasteiger partial charge < -0.3 is 4.74 Å². The highest BCUT2D eigenvalue weighted by Crippen LogP contribution is 2.42. The predicted octanol–water partition coefficient (Wildman–Crippen LogP) is 7.34. The van der Waals surface area contributed by atoms with Crippen molar-refractivity contribution >= 4 is 10.4 Å². The van der Waals surface area contributed by atoms with E-state index in [1.807, 2.05) is 42.5 Å². The molecule has 3 atom stereocenters. The summed E-state index contributed by atoms with van der Waals surface area (Å²) in [6, 6.07) is 35.3. The zero-order chi connectivity index (χ0) is 27.1. The second-order valence-corrected chi connectivity index (χ2v) is 10.6. The van der Waals surface area contributed by atoms with Gasteiger partial charge in [0.05, 0.1) is 0 Å². The van der Waals surface area contributed by atoms with Gasteiger partial charge in [0.25, 0.3) is 0 Å². The summed E-state index contributed by atoms with van der Waals surface area (Å²) in [7, 11) is -4.55. The minimum atomic E-state index is -4.55. The Labute approximate surface area is 226 Å². The fraction of sp³-hybridized carbons (Fsp3) is 0.250. The second-order valence-electron chi connectivity index (χ2n) is 9.52. The normalized spacial score (nSPS) is 14.0. The highest BCUT2D eigenvalue weighted by atomic mass is 32.3. The van der Waals surface area contributed by atoms with Gasteiger partial charge in [-0.15, -0.1) is 0 Å². The van der Waals surface area contributed by atoms with E-state index in [4.69, 9.17) is 9.29 Å². The van der Waals surface area contributed by atoms with Crippen molar-refractivity contribution in [2.24, 2.45) is 0 Å². The Morgan fingerprint density at radius 3 is 1.39 bits per heavy atom. The molecule has 6 heteroatoms. The monoisotopic (exact) mass is 530 g/mol. The van der Waals surface area contributed by atoms with Gasteiger partial charge in [0.2, 0.25) is 0 Å². The van der Waals surface area contributed by atoms with Gasteiger partial charge in [0.1, 0.15) is 19.0 Å². The van der Waals surface area contributed by atoms with Crippen LogP contribution in [0.1, 0.15) is 71.9 Å². The lowest BCUT2D eigenvalue weighted by atomic mass is 9.81. The number of ether oxygens (including phenoxy) is 1. The van der Waals surface area contributed by atoms with Crippen LogP contribution in [0.2, 0.25) is 0 Å². The number of hydrogen-bond donors (Lipinski definition) is 1. The lowest BCUT2D eigenvalue weighted by Crippen LogP contribution is -2.15. The van der Waals surface area contributed by atoms with Crippen LogP contribution in [0.5, 0.6) is 5.75 Å². The summed E-state index contributed by atoms with van der Waals surface area (Å²) in [5.41, 5.74) is 6.72. The summed E-state index contributed by atoms with van der Waals surface area (Å²) >= 11 is 0. The van der Waals surface area contributed by atoms with E-state index in [1.54, 1.807) is 0 Å². The highest BCUT2D eigenvalue weighted by molar-refractivity contribution is 7.80. The van der Waals surface area contributed by atoms with E-state index < -0.39 is 10.4 Å². The number of hydrogen-bond acceptors (Lipinski definition) is 4. The van der Waals surface area contributed by atoms with Crippen LogP contribution in [0.4, 0.5) is 0 Å². The third-order valence-corrected chi connectivity index (χ3v) is 7.53. The molecule has 0 bridgehead atoms. The van der Waals surface area contributed by atoms with Crippen molar-refractivity contribution in [3.05, 3.63) is 137 Å². The van der Waals surface area contributed by atoms with Crippen molar-refractivity contribution < 1.29 is 21.9 Å². The molecule has 0 fully saturated rings. The molecule has 0 aliphatic heterocycles. The maximum absolute atomic E-state index is 11.1. The molecule has 0 saturated carbocycles. The second kappa shape index (κ2) is 12.4. The van der Waals surface area contributed by atoms with Crippen molar-refractivity contribution in [3.8, 4) is 5.75 Å². The molecular formula is C32H34O5S. The fourth-order valence-electron chi connectivity index (χ4n) is 4.82. The van der Waals surface area contributed by atoms with Crippen LogP contribution in [0, 0.1) is 0 Å². The van der Waals surface area contributed by atoms with E-state index in [0.29, 0.717) is 5.75 Å². The minimum Gasteiger partial charge on any atom is -0.491 e. The van der Waals surface area contributed by atoms with E-state index in [2.05, 4.69) is 85.6 Å². The van der Waals surface area contributed by atoms with Crippen LogP contribution in [0.25, 0.3) is 0 Å². The molecule has 1 N–H and O–H groups in total. The van der Waals surface area contributed by atoms with Crippen LogP contribution < -0.4 is 4.74 Å². The van der Waals surface area contributed by atoms with Crippen LogP contribution in [0.15, 0.2) is 103 Å². The highest BCUT2D eigenvalue weighted by Gasteiger charge is 2.24. The Morgan fingerprint density at radius 1 is 0.605 bits per heavy atom. The van der Waals surface area contributed by atoms with Gasteiger partial charge in [-0.1, -0.05) is 124 Å². The molecule has 0 aliphatic carbocycles. The van der Waals surface area contributed by atoms with E-state index >= 15 is 0 Å². The standard InChI is InChI=1S/C32H34O5S/c1-23(26-13-7-4-8-14-26)29-21-30(24(2)27-15-9-5-10-16-27)32(36-19-20-37-38(33,34)35)31(22-29)25(3)28-17-11-6-12-18-28/h4-18,21-25H,19-20H2,1-3H3,(H,33,34,35). The first-order valence-corrected chi connectivity index (χ1v) is 14.2. The van der Waals surface area contributed by atoms with Crippen molar-refractivity contribution in [2.75, 3.05) is 13.2 Å². The fourth-order valence-corrected chi connectivity index (χ4v) is 5.10. The zero-order valence-corrected chi connectivity index (χ0v) is 22.8. The molecule has 0 heterocycles. The largest absolute Gasteiger partial charge is 0.491 e. The Hall–Kier alpha value is -3.45. The molecule has 4 aromatic carbocycles. The van der Waals surface area contributed by atoms with Crippen molar-refractivity contribution in [1.29, 1.82) is 0 Å². The Kier molecular flexibility index (Phi) is 9.00. The van der Waals surface area contributed by atoms with Gasteiger partial charge >= 0.3 is 10.4 Å². The molecular weight excluding hydrogens is 496 g/mol. The average molecular weight is 531 g/mol. The summed E-state index contributed by atoms with van der Waals surface area (Å²) in [4.78, 5) is 0. The molecule has 0 saturated heterocycles. The van der Waals surface area contributed by atoms with Crippen LogP contribution >= 0.6 is 0 Å². The molecule has 0 aromatic heterocycles. The van der Waals surface area contributed by atoms with Crippen molar-refractivity contribution in [3.63, 3.8) is 0 Å². The van der Waals surface area contributed by atoms with Gasteiger partial charge in [-0.2, -0.15) is 8.42 Å². The zero-order valence-electron chi connectivity index (χ0n) is 21.9. The molecule has 3 unspecified atom stereocenters. The number of rotatable bonds is 11. The summed E-state index contributed by atoms with van der Waals surface area (Å²) in [5, 5.41) is 0. The third kappa shape index (κ3) is 6.90. The van der Waals surface area contributed by atoms with E-state index in [0.717, 1.165) is 22.3 Å². The Balaban J connectivity index is 1.86. The molecule has 198 valence electrons. The average Bonchev–Trinajstić information content (AvgIpc) is 2.94. The third-order valence-electron chi connectivity index (χ3n) is 7.06. The number of benzene rings is 4. The van der Waals surface area contributed by atoms with Crippen molar-refractivity contribution in [1.82, 2.24) is 0 Å². The first-order valence-electron chi connectivity index (χ1n) is 12.8. The summed E-state index contributed by atoms with van der Waals surface area (Å²) in [5.74, 6) is 0.883. The molecule has 0 amide bonds. The van der Waals surface area contributed by atoms with Crippen molar-refractivity contribution in [2.45, 2.75) is 38.5 Å². The van der Waals surface area contributed by atoms with E-state index in [9.17, 15) is 8.42 Å². The lowest BCUT2D eigenvalue weighted by molar-refractivity contribution is 0.199. The predicted molar refractivity (Wildman–Crippen MR) is 151 cm³/mol. The molecule has 38 heavy (non-hydrogen) atoms. The summed E-state index contributed by atoms with van der Waals surface area (Å²) in [6.45, 7) is 6.19. The van der Waals surface area contributed by atoms with Gasteiger partial charge in [-0.3, -0.25) is 4.55 Å². The van der Waals surface area contributed by atoms with Crippen LogP contribution in [-0.2, 0) is 14.6 Å². The first kappa shape index (κ1) is 27.6. The molecule has 5 nitrogen and oxygen atoms in total.